The number of hydrogen-bond donors (Lipinski definition) is 9. The molecule has 9 N–H and O–H groups in total. The van der Waals surface area contributed by atoms with Gasteiger partial charge < -0.3 is 31.1 Å². The number of nitrogens with one attached hydrogen (secondary N) is 8. The Morgan fingerprint density at radius 3 is 0.876 bits per heavy atom. The molecule has 4 aromatic heterocycles. The first kappa shape index (κ1) is 93.5. The Balaban J connectivity index is 0.000000183. The monoisotopic (exact) mass is 1790 g/mol. The third-order valence-corrected chi connectivity index (χ3v) is 24.3. The molecule has 35 heteroatoms. The zero-order valence-corrected chi connectivity index (χ0v) is 71.5. The number of carbonyl (C=O) groups excluding carboxylic acids is 5. The Morgan fingerprint density at radius 2 is 0.636 bits per heavy atom. The molecule has 0 unspecified atom stereocenters. The predicted molar refractivity (Wildman–Crippen MR) is 471 cm³/mol. The molecule has 1 atom stereocenters. The molecule has 0 aliphatic carbocycles. The number of benzene rings is 8. The summed E-state index contributed by atoms with van der Waals surface area (Å²) in [7, 11) is -13.3. The summed E-state index contributed by atoms with van der Waals surface area (Å²) < 4.78 is 112. The third-order valence-electron chi connectivity index (χ3n) is 17.1. The summed E-state index contributed by atoms with van der Waals surface area (Å²) in [6.07, 6.45) is 7.61. The number of aliphatic hydroxyl groups is 1. The molecule has 27 nitrogen and oxygen atoms in total. The highest BCUT2D eigenvalue weighted by atomic mass is 35.5. The number of ketones is 1. The van der Waals surface area contributed by atoms with E-state index in [-0.39, 0.29) is 75.4 Å². The molecular formula is C86H82Cl4N12O15S4. The number of halogens is 4. The van der Waals surface area contributed by atoms with Gasteiger partial charge in [-0.15, -0.1) is 0 Å². The topological polar surface area (TPSA) is 399 Å². The van der Waals surface area contributed by atoms with Crippen LogP contribution < -0.4 is 40.2 Å². The summed E-state index contributed by atoms with van der Waals surface area (Å²) in [5.41, 5.74) is 8.90. The number of ether oxygens (including phenoxy) is 1. The second kappa shape index (κ2) is 44.8. The zero-order valence-electron chi connectivity index (χ0n) is 65.2. The molecule has 4 heterocycles. The van der Waals surface area contributed by atoms with E-state index < -0.39 is 58.0 Å². The lowest BCUT2D eigenvalue weighted by Gasteiger charge is -2.10. The number of hydrogen-bond acceptors (Lipinski definition) is 19. The van der Waals surface area contributed by atoms with E-state index in [0.717, 1.165) is 12.8 Å². The maximum Gasteiger partial charge on any atom is 0.255 e. The van der Waals surface area contributed by atoms with Crippen LogP contribution in [0.4, 0.5) is 22.7 Å². The number of aliphatic hydroxyl groups excluding tert-OH is 1. The summed E-state index contributed by atoms with van der Waals surface area (Å²) in [5.74, 6) is -1.64. The van der Waals surface area contributed by atoms with Crippen LogP contribution >= 0.6 is 46.4 Å². The maximum absolute atomic E-state index is 12.6. The van der Waals surface area contributed by atoms with Crippen LogP contribution in [0, 0.1) is 0 Å². The van der Waals surface area contributed by atoms with Gasteiger partial charge in [-0.25, -0.2) is 52.6 Å². The zero-order chi connectivity index (χ0) is 87.3. The molecule has 0 bridgehead atoms. The van der Waals surface area contributed by atoms with Crippen LogP contribution in [0.3, 0.4) is 0 Å². The lowest BCUT2D eigenvalue weighted by Crippen LogP contribution is -2.30. The predicted octanol–water partition coefficient (Wildman–Crippen LogP) is 15.5. The van der Waals surface area contributed by atoms with Gasteiger partial charge in [-0.05, 0) is 239 Å². The van der Waals surface area contributed by atoms with Gasteiger partial charge >= 0.3 is 0 Å². The molecular weight excluding hydrogens is 1710 g/mol. The molecule has 0 aliphatic rings. The summed E-state index contributed by atoms with van der Waals surface area (Å²) in [4.78, 5) is 78.6. The van der Waals surface area contributed by atoms with Gasteiger partial charge in [-0.2, -0.15) is 0 Å². The van der Waals surface area contributed by atoms with E-state index in [4.69, 9.17) is 51.1 Å². The number of Topliss-reactive ketones (excluding diaryl/α,β-unsaturated/α-hetero) is 1. The number of nitrogens with zero attached hydrogens (tertiary/aromatic N) is 4. The van der Waals surface area contributed by atoms with Crippen molar-refractivity contribution in [2.75, 3.05) is 61.2 Å². The van der Waals surface area contributed by atoms with Crippen molar-refractivity contribution >= 4 is 139 Å². The van der Waals surface area contributed by atoms with Crippen LogP contribution in [-0.4, -0.2) is 134 Å². The van der Waals surface area contributed by atoms with Crippen LogP contribution in [0.2, 0.25) is 20.1 Å². The average Bonchev–Trinajstić information content (AvgIpc) is 0.831. The van der Waals surface area contributed by atoms with Gasteiger partial charge in [0.15, 0.2) is 0 Å². The molecule has 12 aromatic rings. The number of carbonyl (C=O) groups is 5. The Kier molecular flexibility index (Phi) is 34.6. The second-order valence-corrected chi connectivity index (χ2v) is 34.9. The van der Waals surface area contributed by atoms with Gasteiger partial charge in [0, 0.05) is 132 Å². The van der Waals surface area contributed by atoms with Crippen LogP contribution in [0.25, 0.3) is 45.0 Å². The molecule has 12 rings (SSSR count). The first-order chi connectivity index (χ1) is 57.8. The number of unbranched alkanes of at least 4 members (excludes halogenated alkanes) is 1. The maximum atomic E-state index is 12.6. The molecule has 0 radical (unpaired) electrons. The van der Waals surface area contributed by atoms with Crippen LogP contribution in [0.15, 0.2) is 287 Å². The number of rotatable bonds is 31. The van der Waals surface area contributed by atoms with E-state index in [1.54, 1.807) is 116 Å². The molecule has 0 aliphatic heterocycles. The molecule has 0 saturated heterocycles. The van der Waals surface area contributed by atoms with Crippen LogP contribution in [0.5, 0.6) is 0 Å². The minimum atomic E-state index is -3.76. The van der Waals surface area contributed by atoms with Crippen molar-refractivity contribution < 1.29 is 67.5 Å². The summed E-state index contributed by atoms with van der Waals surface area (Å²) in [6.45, 7) is 5.60. The van der Waals surface area contributed by atoms with Gasteiger partial charge in [0.05, 0.1) is 75.2 Å². The highest BCUT2D eigenvalue weighted by molar-refractivity contribution is 7.90. The summed E-state index contributed by atoms with van der Waals surface area (Å²) in [5, 5.41) is 22.4. The van der Waals surface area contributed by atoms with Crippen molar-refractivity contribution in [3.63, 3.8) is 0 Å². The third kappa shape index (κ3) is 28.1. The first-order valence-electron chi connectivity index (χ1n) is 37.0. The van der Waals surface area contributed by atoms with E-state index in [9.17, 15) is 62.8 Å². The Morgan fingerprint density at radius 1 is 0.372 bits per heavy atom. The van der Waals surface area contributed by atoms with Gasteiger partial charge in [0.1, 0.15) is 5.78 Å². The van der Waals surface area contributed by atoms with Crippen molar-refractivity contribution in [3.8, 4) is 45.0 Å². The number of pyridine rings is 4. The highest BCUT2D eigenvalue weighted by Crippen LogP contribution is 2.34. The van der Waals surface area contributed by atoms with Gasteiger partial charge in [0.25, 0.3) is 23.6 Å². The van der Waals surface area contributed by atoms with Crippen molar-refractivity contribution in [2.45, 2.75) is 65.7 Å². The van der Waals surface area contributed by atoms with Crippen molar-refractivity contribution in [1.29, 1.82) is 0 Å². The second-order valence-electron chi connectivity index (χ2n) is 26.2. The fourth-order valence-corrected chi connectivity index (χ4v) is 15.9. The average molecular weight is 1790 g/mol. The Bertz CT molecular complexity index is 5870. The molecule has 8 aromatic carbocycles. The fourth-order valence-electron chi connectivity index (χ4n) is 10.8. The van der Waals surface area contributed by atoms with Crippen molar-refractivity contribution in [1.82, 2.24) is 38.8 Å². The smallest absolute Gasteiger partial charge is 0.255 e. The lowest BCUT2D eigenvalue weighted by molar-refractivity contribution is -0.116. The number of amides is 4. The van der Waals surface area contributed by atoms with E-state index >= 15 is 0 Å². The number of methoxy groups -OCH3 is 1. The van der Waals surface area contributed by atoms with Gasteiger partial charge in [-0.1, -0.05) is 84.0 Å². The minimum Gasteiger partial charge on any atom is -0.392 e. The molecule has 628 valence electrons. The van der Waals surface area contributed by atoms with E-state index in [1.165, 1.54) is 118 Å². The van der Waals surface area contributed by atoms with Gasteiger partial charge in [-0.3, -0.25) is 43.9 Å². The molecule has 4 amide bonds. The fraction of sp³-hybridized carbons (Fsp3) is 0.151. The largest absolute Gasteiger partial charge is 0.392 e. The quantitative estimate of drug-likeness (QED) is 0.0182. The normalized spacial score (nSPS) is 11.5. The van der Waals surface area contributed by atoms with Crippen molar-refractivity contribution in [3.05, 3.63) is 310 Å². The van der Waals surface area contributed by atoms with E-state index in [0.29, 0.717) is 111 Å². The van der Waals surface area contributed by atoms with Gasteiger partial charge in [0.2, 0.25) is 40.1 Å². The van der Waals surface area contributed by atoms with Crippen LogP contribution in [-0.2, 0) is 49.6 Å². The van der Waals surface area contributed by atoms with E-state index in [1.807, 2.05) is 61.5 Å². The molecule has 0 fully saturated rings. The van der Waals surface area contributed by atoms with E-state index in [2.05, 4.69) is 60.1 Å². The SMILES string of the molecule is CC(=O)CCNS(=O)(=O)c1ccc(C(=O)Nc2ccc(Cl)c(-c3ccccn3)c2)cc1.CCCCNS(=O)(=O)c1ccc(C(=O)Nc2ccc(Cl)c(-c3ccccn3)c2)cc1.COCCNS(=O)(=O)c1ccc(C(=O)Nc2ccc(Cl)c(-c3ccccn3)c2)cc1.C[C@H](O)CNS(=O)(=O)c1ccc(C(=O)Nc2ccc(Cl)c(-c3ccccn3)c2)cc1. The summed E-state index contributed by atoms with van der Waals surface area (Å²) in [6, 6.07) is 64.8. The molecule has 0 spiro atoms. The Labute approximate surface area is 721 Å². The minimum absolute atomic E-state index is 0.00336. The van der Waals surface area contributed by atoms with Crippen LogP contribution in [0.1, 0.15) is 81.5 Å². The summed E-state index contributed by atoms with van der Waals surface area (Å²) >= 11 is 25.1. The first-order valence-corrected chi connectivity index (χ1v) is 44.4. The number of sulfonamides is 4. The Hall–Kier alpha value is -11.4. The standard InChI is InChI=1S/C22H20ClN3O4S.C22H22ClN3O3S.2C21H20ClN3O4S/c1-15(27)11-13-25-31(29,30)18-8-5-16(6-9-18)22(28)26-17-7-10-20(23)19(14-17)21-4-2-3-12-24-21;1-2-3-14-25-30(28,29)18-10-7-16(8-11-18)22(27)26-17-9-12-20(23)19(15-17)21-6-4-5-13-24-21;1-14(26)13-24-30(28,29)17-8-5-15(6-9-17)21(27)25-16-7-10-19(22)18(12-16)20-4-2-3-11-23-20;1-29-13-12-24-30(27,28)17-8-5-15(6-9-17)21(26)25-16-7-10-19(22)18(14-16)20-4-2-3-11-23-20/h2-10,12,14,25H,11,13H2,1H3,(H,26,28);4-13,15,25H,2-3,14H2,1H3,(H,26,27);2-12,14,24,26H,13H2,1H3,(H,25,27);2-11,14,24H,12-13H2,1H3,(H,25,26)/t;;14-;/m..0./s1. The lowest BCUT2D eigenvalue weighted by atomic mass is 10.1. The molecule has 0 saturated carbocycles. The van der Waals surface area contributed by atoms with Crippen molar-refractivity contribution in [2.24, 2.45) is 0 Å². The number of anilines is 4. The number of aromatic nitrogens is 4. The molecule has 121 heavy (non-hydrogen) atoms. The highest BCUT2D eigenvalue weighted by Gasteiger charge is 2.22.